The van der Waals surface area contributed by atoms with Gasteiger partial charge in [0.2, 0.25) is 0 Å². The molecule has 0 bridgehead atoms. The zero-order valence-corrected chi connectivity index (χ0v) is 8.77. The van der Waals surface area contributed by atoms with Crippen LogP contribution in [0.5, 0.6) is 0 Å². The van der Waals surface area contributed by atoms with Gasteiger partial charge in [-0.05, 0) is 39.5 Å². The highest BCUT2D eigenvalue weighted by Gasteiger charge is 2.13. The first-order valence-corrected chi connectivity index (χ1v) is 5.36. The zero-order chi connectivity index (χ0) is 9.52. The molecule has 2 heteroatoms. The van der Waals surface area contributed by atoms with Crippen LogP contribution in [0.2, 0.25) is 0 Å². The van der Waals surface area contributed by atoms with Crippen LogP contribution in [0.1, 0.15) is 46.0 Å². The van der Waals surface area contributed by atoms with Crippen LogP contribution in [-0.4, -0.2) is 13.2 Å². The first-order valence-electron chi connectivity index (χ1n) is 5.36. The summed E-state index contributed by atoms with van der Waals surface area (Å²) in [6.07, 6.45) is 6.26. The molecule has 0 atom stereocenters. The summed E-state index contributed by atoms with van der Waals surface area (Å²) in [4.78, 5) is 0. The minimum absolute atomic E-state index is 0.707. The summed E-state index contributed by atoms with van der Waals surface area (Å²) < 4.78 is 11.0. The average molecular weight is 184 g/mol. The Hall–Kier alpha value is -0.660. The molecule has 0 N–H and O–H groups in total. The van der Waals surface area contributed by atoms with Crippen molar-refractivity contribution in [2.24, 2.45) is 0 Å². The van der Waals surface area contributed by atoms with E-state index < -0.39 is 0 Å². The summed E-state index contributed by atoms with van der Waals surface area (Å²) >= 11 is 0. The Morgan fingerprint density at radius 1 is 1.00 bits per heavy atom. The largest absolute Gasteiger partial charge is 0.466 e. The van der Waals surface area contributed by atoms with E-state index in [4.69, 9.17) is 9.47 Å². The van der Waals surface area contributed by atoms with Crippen LogP contribution in [0.15, 0.2) is 11.5 Å². The topological polar surface area (TPSA) is 18.5 Å². The molecule has 0 saturated heterocycles. The lowest BCUT2D eigenvalue weighted by Crippen LogP contribution is -2.05. The highest BCUT2D eigenvalue weighted by molar-refractivity contribution is 5.05. The first kappa shape index (κ1) is 10.4. The molecule has 0 spiro atoms. The van der Waals surface area contributed by atoms with Crippen LogP contribution < -0.4 is 0 Å². The van der Waals surface area contributed by atoms with Crippen molar-refractivity contribution in [2.45, 2.75) is 46.0 Å². The Bertz CT molecular complexity index is 157. The molecule has 1 rings (SSSR count). The van der Waals surface area contributed by atoms with E-state index in [-0.39, 0.29) is 0 Å². The number of hydrogen-bond acceptors (Lipinski definition) is 2. The molecule has 13 heavy (non-hydrogen) atoms. The maximum Gasteiger partial charge on any atom is 0.278 e. The van der Waals surface area contributed by atoms with Gasteiger partial charge >= 0.3 is 0 Å². The number of ether oxygens (including phenoxy) is 2. The molecule has 1 aliphatic rings. The zero-order valence-electron chi connectivity index (χ0n) is 8.77. The predicted molar refractivity (Wildman–Crippen MR) is 53.4 cm³/mol. The highest BCUT2D eigenvalue weighted by atomic mass is 16.7. The van der Waals surface area contributed by atoms with Crippen molar-refractivity contribution in [1.82, 2.24) is 0 Å². The minimum atomic E-state index is 0.707. The van der Waals surface area contributed by atoms with Gasteiger partial charge < -0.3 is 9.47 Å². The summed E-state index contributed by atoms with van der Waals surface area (Å²) in [6, 6.07) is 0. The van der Waals surface area contributed by atoms with Gasteiger partial charge in [-0.25, -0.2) is 0 Å². The lowest BCUT2D eigenvalue weighted by Gasteiger charge is -2.18. The predicted octanol–water partition coefficient (Wildman–Crippen LogP) is 3.24. The Labute approximate surface area is 80.9 Å². The summed E-state index contributed by atoms with van der Waals surface area (Å²) in [5.74, 6) is 0.810. The lowest BCUT2D eigenvalue weighted by molar-refractivity contribution is 0.0402. The van der Waals surface area contributed by atoms with Gasteiger partial charge in [0.25, 0.3) is 5.95 Å². The van der Waals surface area contributed by atoms with E-state index in [1.54, 1.807) is 0 Å². The first-order chi connectivity index (χ1) is 6.38. The molecular weight excluding hydrogens is 164 g/mol. The maximum atomic E-state index is 5.48. The summed E-state index contributed by atoms with van der Waals surface area (Å²) in [7, 11) is 0. The molecule has 0 radical (unpaired) electrons. The van der Waals surface area contributed by atoms with Crippen LogP contribution in [0.4, 0.5) is 0 Å². The molecular formula is C11H20O2. The molecule has 76 valence electrons. The Morgan fingerprint density at radius 2 is 1.54 bits per heavy atom. The van der Waals surface area contributed by atoms with Gasteiger partial charge in [-0.2, -0.15) is 0 Å². The van der Waals surface area contributed by atoms with Gasteiger partial charge in [0.05, 0.1) is 13.2 Å². The third-order valence-electron chi connectivity index (χ3n) is 2.30. The van der Waals surface area contributed by atoms with Crippen LogP contribution in [0, 0.1) is 0 Å². The van der Waals surface area contributed by atoms with Gasteiger partial charge in [0.1, 0.15) is 0 Å². The van der Waals surface area contributed by atoms with Crippen molar-refractivity contribution >= 4 is 0 Å². The Kier molecular flexibility index (Phi) is 4.73. The van der Waals surface area contributed by atoms with E-state index in [9.17, 15) is 0 Å². The SMILES string of the molecule is CCOC(OCC)=C1CCCCC1. The number of hydrogen-bond donors (Lipinski definition) is 0. The normalized spacial score (nSPS) is 16.9. The fourth-order valence-corrected chi connectivity index (χ4v) is 1.69. The van der Waals surface area contributed by atoms with Crippen molar-refractivity contribution in [3.63, 3.8) is 0 Å². The fraction of sp³-hybridized carbons (Fsp3) is 0.818. The van der Waals surface area contributed by atoms with E-state index in [0.717, 1.165) is 18.8 Å². The molecule has 1 fully saturated rings. The number of rotatable bonds is 4. The van der Waals surface area contributed by atoms with Crippen LogP contribution in [0.25, 0.3) is 0 Å². The maximum absolute atomic E-state index is 5.48. The van der Waals surface area contributed by atoms with Crippen molar-refractivity contribution in [1.29, 1.82) is 0 Å². The van der Waals surface area contributed by atoms with Gasteiger partial charge in [0.15, 0.2) is 0 Å². The van der Waals surface area contributed by atoms with Crippen molar-refractivity contribution in [2.75, 3.05) is 13.2 Å². The summed E-state index contributed by atoms with van der Waals surface area (Å²) in [5, 5.41) is 0. The molecule has 0 amide bonds. The highest BCUT2D eigenvalue weighted by Crippen LogP contribution is 2.26. The summed E-state index contributed by atoms with van der Waals surface area (Å²) in [5.41, 5.74) is 1.38. The van der Waals surface area contributed by atoms with E-state index >= 15 is 0 Å². The van der Waals surface area contributed by atoms with Crippen LogP contribution in [0.3, 0.4) is 0 Å². The third-order valence-corrected chi connectivity index (χ3v) is 2.30. The van der Waals surface area contributed by atoms with E-state index in [0.29, 0.717) is 13.2 Å². The minimum Gasteiger partial charge on any atom is -0.466 e. The molecule has 0 aromatic heterocycles. The molecule has 1 aliphatic carbocycles. The molecule has 0 aromatic carbocycles. The third kappa shape index (κ3) is 3.29. The second-order valence-corrected chi connectivity index (χ2v) is 3.32. The van der Waals surface area contributed by atoms with Gasteiger partial charge in [-0.3, -0.25) is 0 Å². The fourth-order valence-electron chi connectivity index (χ4n) is 1.69. The average Bonchev–Trinajstić information content (AvgIpc) is 2.19. The van der Waals surface area contributed by atoms with Crippen molar-refractivity contribution in [3.8, 4) is 0 Å². The molecule has 2 nitrogen and oxygen atoms in total. The second kappa shape index (κ2) is 5.90. The standard InChI is InChI=1S/C11H20O2/c1-3-12-11(13-4-2)10-8-6-5-7-9-10/h3-9H2,1-2H3. The molecule has 0 heterocycles. The van der Waals surface area contributed by atoms with Crippen LogP contribution >= 0.6 is 0 Å². The number of allylic oxidation sites excluding steroid dienone is 1. The quantitative estimate of drug-likeness (QED) is 0.624. The van der Waals surface area contributed by atoms with Crippen LogP contribution in [-0.2, 0) is 9.47 Å². The second-order valence-electron chi connectivity index (χ2n) is 3.32. The molecule has 0 unspecified atom stereocenters. The summed E-state index contributed by atoms with van der Waals surface area (Å²) in [6.45, 7) is 5.42. The van der Waals surface area contributed by atoms with E-state index in [2.05, 4.69) is 0 Å². The van der Waals surface area contributed by atoms with Gasteiger partial charge in [-0.1, -0.05) is 6.42 Å². The Balaban J connectivity index is 2.55. The lowest BCUT2D eigenvalue weighted by atomic mass is 9.95. The van der Waals surface area contributed by atoms with Gasteiger partial charge in [-0.15, -0.1) is 0 Å². The van der Waals surface area contributed by atoms with E-state index in [1.807, 2.05) is 13.8 Å². The monoisotopic (exact) mass is 184 g/mol. The van der Waals surface area contributed by atoms with Gasteiger partial charge in [0, 0.05) is 5.57 Å². The van der Waals surface area contributed by atoms with Crippen molar-refractivity contribution < 1.29 is 9.47 Å². The van der Waals surface area contributed by atoms with E-state index in [1.165, 1.54) is 24.8 Å². The molecule has 0 aromatic rings. The molecule has 1 saturated carbocycles. The Morgan fingerprint density at radius 3 is 2.00 bits per heavy atom. The smallest absolute Gasteiger partial charge is 0.278 e. The van der Waals surface area contributed by atoms with Crippen molar-refractivity contribution in [3.05, 3.63) is 11.5 Å². The molecule has 0 aliphatic heterocycles.